The van der Waals surface area contributed by atoms with E-state index in [2.05, 4.69) is 27.1 Å². The highest BCUT2D eigenvalue weighted by Crippen LogP contribution is 2.25. The van der Waals surface area contributed by atoms with E-state index in [1.165, 1.54) is 0 Å². The van der Waals surface area contributed by atoms with Crippen LogP contribution < -0.4 is 5.73 Å². The van der Waals surface area contributed by atoms with Gasteiger partial charge in [-0.05, 0) is 24.1 Å². The maximum atomic E-state index is 6.29. The molecular formula is C14H17BrClN3O. The third kappa shape index (κ3) is 3.82. The quantitative estimate of drug-likeness (QED) is 0.863. The van der Waals surface area contributed by atoms with E-state index in [9.17, 15) is 0 Å². The van der Waals surface area contributed by atoms with Crippen molar-refractivity contribution in [2.75, 3.05) is 13.7 Å². The average molecular weight is 359 g/mol. The van der Waals surface area contributed by atoms with Crippen LogP contribution in [-0.4, -0.2) is 23.5 Å². The van der Waals surface area contributed by atoms with Crippen LogP contribution in [0.2, 0.25) is 5.02 Å². The minimum atomic E-state index is -0.198. The Balaban J connectivity index is 2.16. The van der Waals surface area contributed by atoms with E-state index < -0.39 is 0 Å². The zero-order chi connectivity index (χ0) is 14.5. The molecule has 2 rings (SSSR count). The lowest BCUT2D eigenvalue weighted by molar-refractivity contribution is 0.182. The molecule has 1 heterocycles. The summed E-state index contributed by atoms with van der Waals surface area (Å²) in [6.45, 7) is 1.22. The Bertz CT molecular complexity index is 573. The van der Waals surface area contributed by atoms with Crippen molar-refractivity contribution >= 4 is 27.5 Å². The fourth-order valence-corrected chi connectivity index (χ4v) is 2.84. The Kier molecular flexibility index (Phi) is 5.60. The van der Waals surface area contributed by atoms with Gasteiger partial charge in [-0.15, -0.1) is 0 Å². The number of hydrogen-bond donors (Lipinski definition) is 1. The maximum Gasteiger partial charge on any atom is 0.0834 e. The van der Waals surface area contributed by atoms with Crippen LogP contribution in [0.15, 0.2) is 34.9 Å². The Morgan fingerprint density at radius 1 is 1.50 bits per heavy atom. The van der Waals surface area contributed by atoms with Crippen molar-refractivity contribution in [2.24, 2.45) is 5.73 Å². The van der Waals surface area contributed by atoms with E-state index in [0.717, 1.165) is 15.7 Å². The predicted octanol–water partition coefficient (Wildman–Crippen LogP) is 3.19. The third-order valence-corrected chi connectivity index (χ3v) is 3.82. The van der Waals surface area contributed by atoms with E-state index in [0.29, 0.717) is 24.6 Å². The zero-order valence-corrected chi connectivity index (χ0v) is 13.6. The molecule has 2 N–H and O–H groups in total. The van der Waals surface area contributed by atoms with Crippen molar-refractivity contribution in [3.05, 3.63) is 51.2 Å². The van der Waals surface area contributed by atoms with E-state index in [1.54, 1.807) is 13.3 Å². The monoisotopic (exact) mass is 357 g/mol. The number of nitrogens with two attached hydrogens (primary N) is 1. The van der Waals surface area contributed by atoms with Gasteiger partial charge < -0.3 is 10.5 Å². The van der Waals surface area contributed by atoms with Crippen molar-refractivity contribution in [1.82, 2.24) is 9.78 Å². The first kappa shape index (κ1) is 15.5. The first-order chi connectivity index (χ1) is 9.61. The molecule has 0 amide bonds. The van der Waals surface area contributed by atoms with Gasteiger partial charge in [-0.1, -0.05) is 39.7 Å². The number of nitrogens with zero attached hydrogens (tertiary/aromatic N) is 2. The van der Waals surface area contributed by atoms with Gasteiger partial charge in [0, 0.05) is 11.6 Å². The molecule has 2 aromatic rings. The van der Waals surface area contributed by atoms with Gasteiger partial charge in [0.25, 0.3) is 0 Å². The summed E-state index contributed by atoms with van der Waals surface area (Å²) < 4.78 is 7.93. The van der Waals surface area contributed by atoms with Gasteiger partial charge in [0.1, 0.15) is 0 Å². The summed E-state index contributed by atoms with van der Waals surface area (Å²) in [5.41, 5.74) is 8.30. The Hall–Kier alpha value is -0.880. The van der Waals surface area contributed by atoms with Crippen LogP contribution in [0, 0.1) is 0 Å². The van der Waals surface area contributed by atoms with Crippen LogP contribution in [-0.2, 0) is 17.7 Å². The Morgan fingerprint density at radius 2 is 2.30 bits per heavy atom. The van der Waals surface area contributed by atoms with Crippen LogP contribution in [0.4, 0.5) is 0 Å². The number of aromatic nitrogens is 2. The third-order valence-electron chi connectivity index (χ3n) is 3.04. The summed E-state index contributed by atoms with van der Waals surface area (Å²) in [5.74, 6) is 0. The molecule has 0 spiro atoms. The molecule has 0 fully saturated rings. The molecular weight excluding hydrogens is 342 g/mol. The minimum Gasteiger partial charge on any atom is -0.383 e. The van der Waals surface area contributed by atoms with Crippen molar-refractivity contribution < 1.29 is 4.74 Å². The second-order valence-electron chi connectivity index (χ2n) is 4.53. The van der Waals surface area contributed by atoms with Crippen molar-refractivity contribution in [3.8, 4) is 0 Å². The molecule has 1 aromatic carbocycles. The van der Waals surface area contributed by atoms with Crippen LogP contribution in [0.5, 0.6) is 0 Å². The normalized spacial score (nSPS) is 12.6. The number of hydrogen-bond acceptors (Lipinski definition) is 3. The largest absolute Gasteiger partial charge is 0.383 e. The zero-order valence-electron chi connectivity index (χ0n) is 11.2. The van der Waals surface area contributed by atoms with Gasteiger partial charge in [-0.2, -0.15) is 5.10 Å². The molecule has 0 bridgehead atoms. The molecule has 1 aromatic heterocycles. The smallest absolute Gasteiger partial charge is 0.0834 e. The Morgan fingerprint density at radius 3 is 3.00 bits per heavy atom. The summed E-state index contributed by atoms with van der Waals surface area (Å²) in [6, 6.07) is 7.90. The van der Waals surface area contributed by atoms with Gasteiger partial charge in [-0.25, -0.2) is 0 Å². The lowest BCUT2D eigenvalue weighted by Gasteiger charge is -2.15. The lowest BCUT2D eigenvalue weighted by Crippen LogP contribution is -2.20. The molecule has 1 unspecified atom stereocenters. The van der Waals surface area contributed by atoms with Gasteiger partial charge in [0.15, 0.2) is 0 Å². The van der Waals surface area contributed by atoms with Crippen LogP contribution >= 0.6 is 27.5 Å². The summed E-state index contributed by atoms with van der Waals surface area (Å²) in [6.07, 6.45) is 2.34. The summed E-state index contributed by atoms with van der Waals surface area (Å²) in [7, 11) is 1.66. The highest BCUT2D eigenvalue weighted by atomic mass is 79.9. The lowest BCUT2D eigenvalue weighted by atomic mass is 10.0. The summed E-state index contributed by atoms with van der Waals surface area (Å²) in [5, 5.41) is 4.85. The molecule has 108 valence electrons. The van der Waals surface area contributed by atoms with E-state index >= 15 is 0 Å². The molecule has 1 atom stereocenters. The molecule has 0 aliphatic carbocycles. The molecule has 0 aliphatic heterocycles. The van der Waals surface area contributed by atoms with Crippen LogP contribution in [0.3, 0.4) is 0 Å². The van der Waals surface area contributed by atoms with Crippen molar-refractivity contribution in [3.63, 3.8) is 0 Å². The molecule has 6 heteroatoms. The van der Waals surface area contributed by atoms with Crippen molar-refractivity contribution in [2.45, 2.75) is 19.0 Å². The Labute approximate surface area is 132 Å². The van der Waals surface area contributed by atoms with E-state index in [1.807, 2.05) is 22.9 Å². The van der Waals surface area contributed by atoms with Gasteiger partial charge in [0.2, 0.25) is 0 Å². The number of methoxy groups -OCH3 is 1. The molecule has 0 radical (unpaired) electrons. The second-order valence-corrected chi connectivity index (χ2v) is 5.86. The molecule has 20 heavy (non-hydrogen) atoms. The van der Waals surface area contributed by atoms with Crippen LogP contribution in [0.1, 0.15) is 17.3 Å². The number of ether oxygens (including phenoxy) is 1. The average Bonchev–Trinajstić information content (AvgIpc) is 2.77. The number of benzene rings is 1. The highest BCUT2D eigenvalue weighted by molar-refractivity contribution is 9.10. The second kappa shape index (κ2) is 7.22. The first-order valence-corrected chi connectivity index (χ1v) is 7.49. The fourth-order valence-electron chi connectivity index (χ4n) is 2.11. The van der Waals surface area contributed by atoms with Crippen molar-refractivity contribution in [1.29, 1.82) is 0 Å². The fraction of sp³-hybridized carbons (Fsp3) is 0.357. The minimum absolute atomic E-state index is 0.198. The summed E-state index contributed by atoms with van der Waals surface area (Å²) >= 11 is 9.67. The first-order valence-electron chi connectivity index (χ1n) is 6.32. The number of rotatable bonds is 6. The number of halogens is 2. The topological polar surface area (TPSA) is 53.1 Å². The van der Waals surface area contributed by atoms with E-state index in [4.69, 9.17) is 22.1 Å². The molecule has 0 saturated carbocycles. The standard InChI is InChI=1S/C14H17BrClN3O/c1-20-6-5-19-14(12(16)9-18-19)13(17)8-10-3-2-4-11(15)7-10/h2-4,7,9,13H,5-6,8,17H2,1H3. The van der Waals surface area contributed by atoms with Gasteiger partial charge >= 0.3 is 0 Å². The van der Waals surface area contributed by atoms with Crippen LogP contribution in [0.25, 0.3) is 0 Å². The molecule has 4 nitrogen and oxygen atoms in total. The molecule has 0 saturated heterocycles. The van der Waals surface area contributed by atoms with Gasteiger partial charge in [0.05, 0.1) is 36.1 Å². The predicted molar refractivity (Wildman–Crippen MR) is 83.9 cm³/mol. The van der Waals surface area contributed by atoms with Gasteiger partial charge in [-0.3, -0.25) is 4.68 Å². The maximum absolute atomic E-state index is 6.29. The molecule has 0 aliphatic rings. The van der Waals surface area contributed by atoms with E-state index in [-0.39, 0.29) is 6.04 Å². The highest BCUT2D eigenvalue weighted by Gasteiger charge is 2.17. The summed E-state index contributed by atoms with van der Waals surface area (Å²) in [4.78, 5) is 0. The SMILES string of the molecule is COCCn1ncc(Cl)c1C(N)Cc1cccc(Br)c1.